The third kappa shape index (κ3) is 4.05. The van der Waals surface area contributed by atoms with E-state index in [0.29, 0.717) is 15.8 Å². The Balaban J connectivity index is 1.80. The Morgan fingerprint density at radius 2 is 2.19 bits per heavy atom. The molecular weight excluding hydrogens is 362 g/mol. The van der Waals surface area contributed by atoms with E-state index >= 15 is 0 Å². The number of aryl methyl sites for hydroxylation is 2. The summed E-state index contributed by atoms with van der Waals surface area (Å²) in [5.74, 6) is 0.333. The minimum Gasteiger partial charge on any atom is -0.311 e. The molecular formula is C20H21N3OS2. The van der Waals surface area contributed by atoms with Gasteiger partial charge < -0.3 is 4.90 Å². The second-order valence-electron chi connectivity index (χ2n) is 6.39. The topological polar surface area (TPSA) is 57.0 Å². The summed E-state index contributed by atoms with van der Waals surface area (Å²) in [4.78, 5) is 20.4. The van der Waals surface area contributed by atoms with E-state index in [0.717, 1.165) is 34.8 Å². The zero-order valence-electron chi connectivity index (χ0n) is 15.2. The zero-order chi connectivity index (χ0) is 18.7. The monoisotopic (exact) mass is 383 g/mol. The van der Waals surface area contributed by atoms with Gasteiger partial charge in [-0.15, -0.1) is 11.8 Å². The molecule has 0 N–H and O–H groups in total. The number of carbonyl (C=O) groups is 1. The van der Waals surface area contributed by atoms with Gasteiger partial charge in [-0.3, -0.25) is 4.79 Å². The maximum absolute atomic E-state index is 12.9. The van der Waals surface area contributed by atoms with Crippen molar-refractivity contribution in [3.05, 3.63) is 47.2 Å². The molecule has 3 rings (SSSR count). The number of para-hydroxylation sites is 1. The molecule has 0 fully saturated rings. The number of pyridine rings is 1. The fraction of sp³-hybridized carbons (Fsp3) is 0.350. The minimum absolute atomic E-state index is 0.0574. The Hall–Kier alpha value is -1.97. The summed E-state index contributed by atoms with van der Waals surface area (Å²) in [5.41, 5.74) is 3.32. The molecule has 0 saturated heterocycles. The number of hydrogen-bond donors (Lipinski definition) is 0. The van der Waals surface area contributed by atoms with E-state index in [1.165, 1.54) is 11.8 Å². The summed E-state index contributed by atoms with van der Waals surface area (Å²) >= 11 is 3.17. The van der Waals surface area contributed by atoms with Crippen LogP contribution >= 0.6 is 23.5 Å². The molecule has 26 heavy (non-hydrogen) atoms. The lowest BCUT2D eigenvalue weighted by Crippen LogP contribution is -2.33. The lowest BCUT2D eigenvalue weighted by Gasteiger charge is -2.22. The molecule has 0 aliphatic carbocycles. The number of aromatic nitrogens is 1. The fourth-order valence-corrected chi connectivity index (χ4v) is 5.09. The van der Waals surface area contributed by atoms with E-state index < -0.39 is 0 Å². The van der Waals surface area contributed by atoms with E-state index in [-0.39, 0.29) is 11.7 Å². The third-order valence-corrected chi connectivity index (χ3v) is 6.50. The van der Waals surface area contributed by atoms with Crippen molar-refractivity contribution in [3.8, 4) is 6.07 Å². The predicted molar refractivity (Wildman–Crippen MR) is 108 cm³/mol. The highest BCUT2D eigenvalue weighted by atomic mass is 32.2. The Kier molecular flexibility index (Phi) is 5.90. The number of thioether (sulfide) groups is 2. The Morgan fingerprint density at radius 1 is 1.42 bits per heavy atom. The van der Waals surface area contributed by atoms with Gasteiger partial charge in [0.05, 0.1) is 17.0 Å². The Bertz CT molecular complexity index is 876. The van der Waals surface area contributed by atoms with Crippen LogP contribution in [0, 0.1) is 25.2 Å². The summed E-state index contributed by atoms with van der Waals surface area (Å²) in [6.45, 7) is 6.73. The summed E-state index contributed by atoms with van der Waals surface area (Å²) in [6, 6.07) is 12.2. The standard InChI is InChI=1S/C20H21N3OS2/c1-13-10-14(2)22-20(16(13)11-21)25-12-19(24)23-9-8-15(3)26-18-7-5-4-6-17(18)23/h4-7,10,15H,8-9,12H2,1-3H3. The molecule has 0 bridgehead atoms. The van der Waals surface area contributed by atoms with Gasteiger partial charge in [0, 0.05) is 22.4 Å². The van der Waals surface area contributed by atoms with Gasteiger partial charge in [-0.2, -0.15) is 5.26 Å². The van der Waals surface area contributed by atoms with Crippen molar-refractivity contribution >= 4 is 35.1 Å². The van der Waals surface area contributed by atoms with Gasteiger partial charge in [0.25, 0.3) is 0 Å². The molecule has 2 heterocycles. The fourth-order valence-electron chi connectivity index (χ4n) is 3.00. The van der Waals surface area contributed by atoms with E-state index in [2.05, 4.69) is 24.0 Å². The van der Waals surface area contributed by atoms with E-state index in [4.69, 9.17) is 0 Å². The second-order valence-corrected chi connectivity index (χ2v) is 8.84. The van der Waals surface area contributed by atoms with Crippen LogP contribution in [0.25, 0.3) is 0 Å². The number of carbonyl (C=O) groups excluding carboxylic acids is 1. The maximum Gasteiger partial charge on any atom is 0.237 e. The van der Waals surface area contributed by atoms with Gasteiger partial charge in [0.15, 0.2) is 0 Å². The third-order valence-electron chi connectivity index (χ3n) is 4.30. The van der Waals surface area contributed by atoms with Crippen molar-refractivity contribution in [1.82, 2.24) is 4.98 Å². The Labute approximate surface area is 163 Å². The SMILES string of the molecule is Cc1cc(C)c(C#N)c(SCC(=O)N2CCC(C)Sc3ccccc32)n1. The molecule has 6 heteroatoms. The van der Waals surface area contributed by atoms with Crippen molar-refractivity contribution in [3.63, 3.8) is 0 Å². The van der Waals surface area contributed by atoms with Crippen molar-refractivity contribution in [2.45, 2.75) is 42.4 Å². The van der Waals surface area contributed by atoms with Crippen LogP contribution in [0.5, 0.6) is 0 Å². The Morgan fingerprint density at radius 3 is 2.96 bits per heavy atom. The lowest BCUT2D eigenvalue weighted by molar-refractivity contribution is -0.116. The lowest BCUT2D eigenvalue weighted by atomic mass is 10.1. The van der Waals surface area contributed by atoms with E-state index in [9.17, 15) is 10.1 Å². The largest absolute Gasteiger partial charge is 0.311 e. The van der Waals surface area contributed by atoms with E-state index in [1.54, 1.807) is 0 Å². The summed E-state index contributed by atoms with van der Waals surface area (Å²) in [7, 11) is 0. The summed E-state index contributed by atoms with van der Waals surface area (Å²) in [5, 5.41) is 10.5. The van der Waals surface area contributed by atoms with Crippen LogP contribution in [0.4, 0.5) is 5.69 Å². The molecule has 0 spiro atoms. The van der Waals surface area contributed by atoms with Crippen molar-refractivity contribution in [1.29, 1.82) is 5.26 Å². The normalized spacial score (nSPS) is 16.5. The van der Waals surface area contributed by atoms with Gasteiger partial charge in [0.1, 0.15) is 11.1 Å². The first-order valence-electron chi connectivity index (χ1n) is 8.56. The molecule has 1 amide bonds. The number of nitriles is 1. The molecule has 0 radical (unpaired) electrons. The van der Waals surface area contributed by atoms with Crippen LogP contribution in [0.3, 0.4) is 0 Å². The van der Waals surface area contributed by atoms with Crippen molar-refractivity contribution in [2.24, 2.45) is 0 Å². The van der Waals surface area contributed by atoms with Crippen LogP contribution in [0.1, 0.15) is 30.2 Å². The first-order valence-corrected chi connectivity index (χ1v) is 10.4. The number of amides is 1. The predicted octanol–water partition coefficient (Wildman–Crippen LogP) is 4.58. The van der Waals surface area contributed by atoms with Crippen molar-refractivity contribution in [2.75, 3.05) is 17.2 Å². The van der Waals surface area contributed by atoms with Gasteiger partial charge in [-0.1, -0.05) is 30.8 Å². The molecule has 0 saturated carbocycles. The van der Waals surface area contributed by atoms with E-state index in [1.807, 2.05) is 54.8 Å². The smallest absolute Gasteiger partial charge is 0.237 e. The van der Waals surface area contributed by atoms with Crippen LogP contribution in [-0.4, -0.2) is 28.4 Å². The zero-order valence-corrected chi connectivity index (χ0v) is 16.8. The van der Waals surface area contributed by atoms with Crippen LogP contribution < -0.4 is 4.90 Å². The number of anilines is 1. The maximum atomic E-state index is 12.9. The molecule has 1 aromatic heterocycles. The summed E-state index contributed by atoms with van der Waals surface area (Å²) in [6.07, 6.45) is 0.959. The average molecular weight is 384 g/mol. The van der Waals surface area contributed by atoms with Crippen molar-refractivity contribution < 1.29 is 4.79 Å². The van der Waals surface area contributed by atoms with Gasteiger partial charge in [-0.25, -0.2) is 4.98 Å². The molecule has 1 atom stereocenters. The van der Waals surface area contributed by atoms with Crippen LogP contribution in [-0.2, 0) is 4.79 Å². The highest BCUT2D eigenvalue weighted by Gasteiger charge is 2.24. The molecule has 4 nitrogen and oxygen atoms in total. The molecule has 1 aliphatic heterocycles. The molecule has 1 aliphatic rings. The molecule has 1 aromatic carbocycles. The number of hydrogen-bond acceptors (Lipinski definition) is 5. The first-order chi connectivity index (χ1) is 12.5. The molecule has 134 valence electrons. The number of fused-ring (bicyclic) bond motifs is 1. The quantitative estimate of drug-likeness (QED) is 0.726. The minimum atomic E-state index is 0.0574. The number of benzene rings is 1. The summed E-state index contributed by atoms with van der Waals surface area (Å²) < 4.78 is 0. The highest BCUT2D eigenvalue weighted by Crippen LogP contribution is 2.37. The first kappa shape index (κ1) is 18.8. The van der Waals surface area contributed by atoms with Gasteiger partial charge in [-0.05, 0) is 44.0 Å². The molecule has 1 unspecified atom stereocenters. The van der Waals surface area contributed by atoms with Crippen LogP contribution in [0.2, 0.25) is 0 Å². The number of nitrogens with zero attached hydrogens (tertiary/aromatic N) is 3. The van der Waals surface area contributed by atoms with Gasteiger partial charge >= 0.3 is 0 Å². The molecule has 2 aromatic rings. The number of rotatable bonds is 3. The average Bonchev–Trinajstić information content (AvgIpc) is 2.77. The van der Waals surface area contributed by atoms with Crippen LogP contribution in [0.15, 0.2) is 40.3 Å². The highest BCUT2D eigenvalue weighted by molar-refractivity contribution is 8.00. The van der Waals surface area contributed by atoms with Gasteiger partial charge in [0.2, 0.25) is 5.91 Å². The second kappa shape index (κ2) is 8.15.